The van der Waals surface area contributed by atoms with Gasteiger partial charge in [0.1, 0.15) is 0 Å². The van der Waals surface area contributed by atoms with Gasteiger partial charge in [0.15, 0.2) is 0 Å². The number of ether oxygens (including phenoxy) is 2. The number of carbonyl (C=O) groups is 2. The highest BCUT2D eigenvalue weighted by molar-refractivity contribution is 7.99. The molecule has 6 nitrogen and oxygen atoms in total. The van der Waals surface area contributed by atoms with E-state index < -0.39 is 12.2 Å². The van der Waals surface area contributed by atoms with Gasteiger partial charge in [-0.1, -0.05) is 13.8 Å². The summed E-state index contributed by atoms with van der Waals surface area (Å²) in [6, 6.07) is 0. The summed E-state index contributed by atoms with van der Waals surface area (Å²) in [6.07, 6.45) is -1.28. The van der Waals surface area contributed by atoms with Crippen molar-refractivity contribution < 1.29 is 19.1 Å². The van der Waals surface area contributed by atoms with Gasteiger partial charge in [0.05, 0.1) is 26.0 Å². The van der Waals surface area contributed by atoms with Crippen LogP contribution in [0.3, 0.4) is 0 Å². The van der Waals surface area contributed by atoms with Crippen LogP contribution in [0.2, 0.25) is 0 Å². The van der Waals surface area contributed by atoms with Crippen LogP contribution in [0.4, 0.5) is 9.59 Å². The maximum absolute atomic E-state index is 11.6. The number of thiol groups is 1. The first-order valence-electron chi connectivity index (χ1n) is 4.91. The van der Waals surface area contributed by atoms with E-state index in [1.54, 1.807) is 0 Å². The van der Waals surface area contributed by atoms with Crippen LogP contribution in [0.25, 0.3) is 0 Å². The molecule has 0 N–H and O–H groups in total. The van der Waals surface area contributed by atoms with Crippen molar-refractivity contribution in [2.24, 2.45) is 0 Å². The van der Waals surface area contributed by atoms with Crippen molar-refractivity contribution in [2.75, 3.05) is 26.0 Å². The van der Waals surface area contributed by atoms with Crippen LogP contribution in [-0.4, -0.2) is 53.4 Å². The van der Waals surface area contributed by atoms with Gasteiger partial charge in [-0.15, -0.1) is 11.8 Å². The van der Waals surface area contributed by atoms with E-state index in [-0.39, 0.29) is 5.88 Å². The average molecular weight is 282 g/mol. The zero-order chi connectivity index (χ0) is 13.4. The van der Waals surface area contributed by atoms with Crippen LogP contribution >= 0.6 is 24.4 Å². The van der Waals surface area contributed by atoms with Crippen molar-refractivity contribution in [2.45, 2.75) is 19.1 Å². The van der Waals surface area contributed by atoms with Gasteiger partial charge in [-0.25, -0.2) is 19.6 Å². The van der Waals surface area contributed by atoms with Gasteiger partial charge in [-0.3, -0.25) is 0 Å². The van der Waals surface area contributed by atoms with Crippen molar-refractivity contribution >= 4 is 36.6 Å². The molecule has 0 fully saturated rings. The van der Waals surface area contributed by atoms with Crippen LogP contribution in [0, 0.1) is 0 Å². The highest BCUT2D eigenvalue weighted by Crippen LogP contribution is 2.15. The minimum absolute atomic E-state index is 0.0282. The van der Waals surface area contributed by atoms with Gasteiger partial charge < -0.3 is 9.47 Å². The third kappa shape index (κ3) is 5.40. The lowest BCUT2D eigenvalue weighted by Gasteiger charge is -2.31. The third-order valence-corrected chi connectivity index (χ3v) is 3.05. The smallest absolute Gasteiger partial charge is 0.429 e. The molecule has 0 heterocycles. The van der Waals surface area contributed by atoms with E-state index in [2.05, 4.69) is 22.1 Å². The summed E-state index contributed by atoms with van der Waals surface area (Å²) < 4.78 is 9.18. The minimum Gasteiger partial charge on any atom is -0.451 e. The largest absolute Gasteiger partial charge is 0.451 e. The zero-order valence-electron chi connectivity index (χ0n) is 10.4. The minimum atomic E-state index is -0.658. The number of carbonyl (C=O) groups excluding carboxylic acids is 2. The summed E-state index contributed by atoms with van der Waals surface area (Å²) in [6.45, 7) is 3.98. The Morgan fingerprint density at radius 2 is 1.65 bits per heavy atom. The van der Waals surface area contributed by atoms with Crippen LogP contribution in [-0.2, 0) is 9.47 Å². The highest BCUT2D eigenvalue weighted by Gasteiger charge is 2.26. The molecule has 0 aliphatic rings. The summed E-state index contributed by atoms with van der Waals surface area (Å²) in [5.74, 6) is 0.320. The Balaban J connectivity index is 4.74. The molecule has 0 saturated carbocycles. The first-order chi connectivity index (χ1) is 7.97. The number of methoxy groups -OCH3 is 2. The Bertz CT molecular complexity index is 263. The van der Waals surface area contributed by atoms with Gasteiger partial charge in [-0.05, 0) is 0 Å². The second-order valence-corrected chi connectivity index (χ2v) is 5.04. The average Bonchev–Trinajstić information content (AvgIpc) is 2.32. The molecule has 8 heteroatoms. The number of hydrogen-bond donors (Lipinski definition) is 1. The van der Waals surface area contributed by atoms with E-state index in [1.807, 2.05) is 13.8 Å². The van der Waals surface area contributed by atoms with Crippen molar-refractivity contribution in [3.05, 3.63) is 0 Å². The topological polar surface area (TPSA) is 59.1 Å². The molecular weight excluding hydrogens is 264 g/mol. The first-order valence-corrected chi connectivity index (χ1v) is 6.59. The monoisotopic (exact) mass is 282 g/mol. The molecule has 2 amide bonds. The molecule has 0 aliphatic heterocycles. The molecule has 100 valence electrons. The van der Waals surface area contributed by atoms with E-state index in [0.717, 1.165) is 10.0 Å². The van der Waals surface area contributed by atoms with Crippen molar-refractivity contribution in [3.8, 4) is 0 Å². The number of hydrogen-bond acceptors (Lipinski definition) is 6. The van der Waals surface area contributed by atoms with Gasteiger partial charge in [0.2, 0.25) is 0 Å². The predicted octanol–water partition coefficient (Wildman–Crippen LogP) is 2.02. The lowest BCUT2D eigenvalue weighted by molar-refractivity contribution is 0.0127. The fraction of sp³-hybridized carbons (Fsp3) is 0.778. The maximum Gasteiger partial charge on any atom is 0.429 e. The predicted molar refractivity (Wildman–Crippen MR) is 69.9 cm³/mol. The normalized spacial score (nSPS) is 10.0. The molecule has 0 unspecified atom stereocenters. The lowest BCUT2D eigenvalue weighted by atomic mass is 10.6. The standard InChI is InChI=1S/C9H18N2O4S2/c1-7(2)17-6-11(9(13)15-4)10(5-16)8(12)14-3/h7,16H,5-6H2,1-4H3. The van der Waals surface area contributed by atoms with Gasteiger partial charge in [0, 0.05) is 5.25 Å². The Morgan fingerprint density at radius 1 is 1.18 bits per heavy atom. The molecule has 17 heavy (non-hydrogen) atoms. The van der Waals surface area contributed by atoms with Gasteiger partial charge >= 0.3 is 12.2 Å². The summed E-state index contributed by atoms with van der Waals surface area (Å²) in [7, 11) is 2.49. The van der Waals surface area contributed by atoms with Crippen molar-refractivity contribution in [1.82, 2.24) is 10.0 Å². The maximum atomic E-state index is 11.6. The SMILES string of the molecule is COC(=O)N(CS)N(CSC(C)C)C(=O)OC. The number of hydrazine groups is 1. The molecule has 0 radical (unpaired) electrons. The Labute approximate surface area is 111 Å². The first kappa shape index (κ1) is 16.2. The molecule has 0 aliphatic carbocycles. The van der Waals surface area contributed by atoms with Crippen molar-refractivity contribution in [1.29, 1.82) is 0 Å². The summed E-state index contributed by atoms with van der Waals surface area (Å²) in [4.78, 5) is 23.0. The van der Waals surface area contributed by atoms with E-state index in [4.69, 9.17) is 0 Å². The molecule has 0 atom stereocenters. The fourth-order valence-corrected chi connectivity index (χ4v) is 1.84. The quantitative estimate of drug-likeness (QED) is 0.486. The van der Waals surface area contributed by atoms with E-state index >= 15 is 0 Å². The van der Waals surface area contributed by atoms with Gasteiger partial charge in [0.25, 0.3) is 0 Å². The fourth-order valence-electron chi connectivity index (χ4n) is 0.884. The molecule has 0 aromatic carbocycles. The number of nitrogens with zero attached hydrogens (tertiary/aromatic N) is 2. The van der Waals surface area contributed by atoms with Crippen LogP contribution < -0.4 is 0 Å². The van der Waals surface area contributed by atoms with Crippen LogP contribution in [0.5, 0.6) is 0 Å². The summed E-state index contributed by atoms with van der Waals surface area (Å²) in [5, 5.41) is 2.55. The summed E-state index contributed by atoms with van der Waals surface area (Å²) in [5.41, 5.74) is 0. The van der Waals surface area contributed by atoms with E-state index in [1.165, 1.54) is 26.0 Å². The highest BCUT2D eigenvalue weighted by atomic mass is 32.2. The molecule has 0 bridgehead atoms. The second-order valence-electron chi connectivity index (χ2n) is 3.23. The molecule has 0 saturated heterocycles. The molecule has 0 aromatic heterocycles. The molecular formula is C9H18N2O4S2. The molecule has 0 rings (SSSR count). The second kappa shape index (κ2) is 8.35. The van der Waals surface area contributed by atoms with Gasteiger partial charge in [-0.2, -0.15) is 12.6 Å². The Kier molecular flexibility index (Phi) is 7.98. The Hall–Kier alpha value is -0.760. The third-order valence-electron chi connectivity index (χ3n) is 1.73. The van der Waals surface area contributed by atoms with E-state index in [0.29, 0.717) is 11.1 Å². The molecule has 0 spiro atoms. The summed E-state index contributed by atoms with van der Waals surface area (Å²) >= 11 is 5.49. The Morgan fingerprint density at radius 3 is 2.00 bits per heavy atom. The van der Waals surface area contributed by atoms with Crippen LogP contribution in [0.15, 0.2) is 0 Å². The number of rotatable bonds is 4. The van der Waals surface area contributed by atoms with Crippen molar-refractivity contribution in [3.63, 3.8) is 0 Å². The molecule has 0 aromatic rings. The van der Waals surface area contributed by atoms with Crippen LogP contribution in [0.1, 0.15) is 13.8 Å². The van der Waals surface area contributed by atoms with E-state index in [9.17, 15) is 9.59 Å². The number of thioether (sulfide) groups is 1. The number of amides is 2. The zero-order valence-corrected chi connectivity index (χ0v) is 12.1. The lowest BCUT2D eigenvalue weighted by Crippen LogP contribution is -2.49.